The highest BCUT2D eigenvalue weighted by molar-refractivity contribution is 5.85. The number of Topliss-reactive ketones (excluding diaryl/α,β-unsaturated/α-hetero) is 1. The van der Waals surface area contributed by atoms with E-state index in [9.17, 15) is 9.59 Å². The normalized spacial score (nSPS) is 28.4. The summed E-state index contributed by atoms with van der Waals surface area (Å²) >= 11 is 0. The highest BCUT2D eigenvalue weighted by atomic mass is 16.5. The molecule has 0 aromatic rings. The maximum atomic E-state index is 11.9. The first kappa shape index (κ1) is 14.2. The first-order valence-corrected chi connectivity index (χ1v) is 6.69. The van der Waals surface area contributed by atoms with E-state index in [-0.39, 0.29) is 17.3 Å². The van der Waals surface area contributed by atoms with Crippen LogP contribution in [0, 0.1) is 11.3 Å². The number of hydrogen-bond donors (Lipinski definition) is 0. The Hall–Kier alpha value is -0.860. The second-order valence-corrected chi connectivity index (χ2v) is 5.48. The third kappa shape index (κ3) is 4.14. The first-order chi connectivity index (χ1) is 8.00. The van der Waals surface area contributed by atoms with Crippen LogP contribution in [0.5, 0.6) is 0 Å². The van der Waals surface area contributed by atoms with Crippen LogP contribution >= 0.6 is 0 Å². The van der Waals surface area contributed by atoms with Gasteiger partial charge in [0.15, 0.2) is 0 Å². The Morgan fingerprint density at radius 3 is 2.76 bits per heavy atom. The molecule has 0 radical (unpaired) electrons. The lowest BCUT2D eigenvalue weighted by Crippen LogP contribution is -2.19. The molecule has 0 aromatic heterocycles. The zero-order chi connectivity index (χ0) is 12.9. The number of hydrogen-bond acceptors (Lipinski definition) is 3. The smallest absolute Gasteiger partial charge is 0.306 e. The molecule has 0 amide bonds. The minimum Gasteiger partial charge on any atom is -0.466 e. The molecule has 0 N–H and O–H groups in total. The summed E-state index contributed by atoms with van der Waals surface area (Å²) in [4.78, 5) is 23.4. The van der Waals surface area contributed by atoms with E-state index < -0.39 is 0 Å². The average molecular weight is 240 g/mol. The van der Waals surface area contributed by atoms with Gasteiger partial charge in [0, 0.05) is 12.3 Å². The number of carbonyl (C=O) groups excluding carboxylic acids is 2. The quantitative estimate of drug-likeness (QED) is 0.670. The Bertz CT molecular complexity index is 285. The van der Waals surface area contributed by atoms with Crippen LogP contribution in [0.25, 0.3) is 0 Å². The van der Waals surface area contributed by atoms with Crippen LogP contribution in [0.2, 0.25) is 0 Å². The van der Waals surface area contributed by atoms with Crippen LogP contribution in [-0.4, -0.2) is 18.4 Å². The Kier molecular flexibility index (Phi) is 5.16. The van der Waals surface area contributed by atoms with E-state index in [2.05, 4.69) is 6.92 Å². The molecule has 1 saturated carbocycles. The van der Waals surface area contributed by atoms with E-state index >= 15 is 0 Å². The maximum absolute atomic E-state index is 11.9. The zero-order valence-corrected chi connectivity index (χ0v) is 11.3. The SMILES string of the molecule is CCCC[C@@H]1C[C@@](C)(CC(=O)OCC)CC1=O. The summed E-state index contributed by atoms with van der Waals surface area (Å²) < 4.78 is 4.97. The van der Waals surface area contributed by atoms with E-state index in [1.165, 1.54) is 0 Å². The molecule has 0 saturated heterocycles. The lowest BCUT2D eigenvalue weighted by atomic mass is 9.83. The zero-order valence-electron chi connectivity index (χ0n) is 11.3. The monoisotopic (exact) mass is 240 g/mol. The first-order valence-electron chi connectivity index (χ1n) is 6.69. The van der Waals surface area contributed by atoms with Crippen molar-refractivity contribution in [3.8, 4) is 0 Å². The molecule has 0 aromatic carbocycles. The number of ether oxygens (including phenoxy) is 1. The van der Waals surface area contributed by atoms with Crippen molar-refractivity contribution in [2.45, 2.75) is 59.3 Å². The summed E-state index contributed by atoms with van der Waals surface area (Å²) in [6, 6.07) is 0. The van der Waals surface area contributed by atoms with Gasteiger partial charge in [-0.25, -0.2) is 0 Å². The van der Waals surface area contributed by atoms with Gasteiger partial charge in [0.1, 0.15) is 5.78 Å². The summed E-state index contributed by atoms with van der Waals surface area (Å²) in [6.07, 6.45) is 4.98. The third-order valence-corrected chi connectivity index (χ3v) is 3.58. The largest absolute Gasteiger partial charge is 0.466 e. The summed E-state index contributed by atoms with van der Waals surface area (Å²) in [6.45, 7) is 6.40. The van der Waals surface area contributed by atoms with Crippen molar-refractivity contribution < 1.29 is 14.3 Å². The molecule has 1 aliphatic rings. The van der Waals surface area contributed by atoms with Crippen LogP contribution in [-0.2, 0) is 14.3 Å². The number of esters is 1. The van der Waals surface area contributed by atoms with Gasteiger partial charge < -0.3 is 4.74 Å². The van der Waals surface area contributed by atoms with Gasteiger partial charge in [0.05, 0.1) is 13.0 Å². The van der Waals surface area contributed by atoms with E-state index in [1.54, 1.807) is 0 Å². The fourth-order valence-corrected chi connectivity index (χ4v) is 2.75. The molecule has 1 rings (SSSR count). The average Bonchev–Trinajstić information content (AvgIpc) is 2.50. The van der Waals surface area contributed by atoms with Crippen molar-refractivity contribution in [2.24, 2.45) is 11.3 Å². The molecule has 0 heterocycles. The minimum atomic E-state index is -0.168. The Morgan fingerprint density at radius 1 is 1.47 bits per heavy atom. The summed E-state index contributed by atoms with van der Waals surface area (Å²) in [7, 11) is 0. The van der Waals surface area contributed by atoms with Gasteiger partial charge in [-0.05, 0) is 25.2 Å². The molecule has 3 heteroatoms. The maximum Gasteiger partial charge on any atom is 0.306 e. The third-order valence-electron chi connectivity index (χ3n) is 3.58. The highest BCUT2D eigenvalue weighted by Gasteiger charge is 2.42. The van der Waals surface area contributed by atoms with Crippen molar-refractivity contribution in [3.63, 3.8) is 0 Å². The number of rotatable bonds is 6. The lowest BCUT2D eigenvalue weighted by Gasteiger charge is -2.21. The number of unbranched alkanes of at least 4 members (excludes halogenated alkanes) is 1. The van der Waals surface area contributed by atoms with Crippen molar-refractivity contribution in [1.29, 1.82) is 0 Å². The van der Waals surface area contributed by atoms with E-state index in [0.29, 0.717) is 25.2 Å². The number of ketones is 1. The van der Waals surface area contributed by atoms with E-state index in [0.717, 1.165) is 25.7 Å². The molecule has 0 aliphatic heterocycles. The summed E-state index contributed by atoms with van der Waals surface area (Å²) in [5.41, 5.74) is -0.165. The molecule has 0 spiro atoms. The molecule has 1 fully saturated rings. The van der Waals surface area contributed by atoms with Gasteiger partial charge in [0.25, 0.3) is 0 Å². The van der Waals surface area contributed by atoms with Gasteiger partial charge >= 0.3 is 5.97 Å². The standard InChI is InChI=1S/C14H24O3/c1-4-6-7-11-8-14(3,9-12(11)15)10-13(16)17-5-2/h11H,4-10H2,1-3H3/t11-,14-/m1/s1. The van der Waals surface area contributed by atoms with Crippen LogP contribution in [0.15, 0.2) is 0 Å². The van der Waals surface area contributed by atoms with E-state index in [1.807, 2.05) is 13.8 Å². The number of carbonyl (C=O) groups is 2. The van der Waals surface area contributed by atoms with Crippen LogP contribution in [0.4, 0.5) is 0 Å². The fourth-order valence-electron chi connectivity index (χ4n) is 2.75. The van der Waals surface area contributed by atoms with Gasteiger partial charge in [-0.3, -0.25) is 9.59 Å². The van der Waals surface area contributed by atoms with Crippen LogP contribution in [0.3, 0.4) is 0 Å². The van der Waals surface area contributed by atoms with Gasteiger partial charge in [-0.2, -0.15) is 0 Å². The van der Waals surface area contributed by atoms with Crippen molar-refractivity contribution in [3.05, 3.63) is 0 Å². The molecule has 0 bridgehead atoms. The molecular weight excluding hydrogens is 216 g/mol. The van der Waals surface area contributed by atoms with Gasteiger partial charge in [-0.1, -0.05) is 26.7 Å². The molecule has 0 unspecified atom stereocenters. The van der Waals surface area contributed by atoms with Gasteiger partial charge in [0.2, 0.25) is 0 Å². The Morgan fingerprint density at radius 2 is 2.18 bits per heavy atom. The molecule has 1 aliphatic carbocycles. The molecular formula is C14H24O3. The lowest BCUT2D eigenvalue weighted by molar-refractivity contribution is -0.145. The van der Waals surface area contributed by atoms with Crippen LogP contribution < -0.4 is 0 Å². The summed E-state index contributed by atoms with van der Waals surface area (Å²) in [5, 5.41) is 0. The van der Waals surface area contributed by atoms with Crippen molar-refractivity contribution >= 4 is 11.8 Å². The molecule has 17 heavy (non-hydrogen) atoms. The summed E-state index contributed by atoms with van der Waals surface area (Å²) in [5.74, 6) is 0.346. The van der Waals surface area contributed by atoms with Gasteiger partial charge in [-0.15, -0.1) is 0 Å². The minimum absolute atomic E-state index is 0.165. The second kappa shape index (κ2) is 6.18. The van der Waals surface area contributed by atoms with Crippen molar-refractivity contribution in [2.75, 3.05) is 6.61 Å². The van der Waals surface area contributed by atoms with Crippen LogP contribution in [0.1, 0.15) is 59.3 Å². The second-order valence-electron chi connectivity index (χ2n) is 5.48. The predicted molar refractivity (Wildman–Crippen MR) is 66.6 cm³/mol. The molecule has 3 nitrogen and oxygen atoms in total. The Labute approximate surface area is 104 Å². The predicted octanol–water partition coefficient (Wildman–Crippen LogP) is 3.12. The topological polar surface area (TPSA) is 43.4 Å². The molecule has 98 valence electrons. The molecule has 2 atom stereocenters. The van der Waals surface area contributed by atoms with Crippen molar-refractivity contribution in [1.82, 2.24) is 0 Å². The van der Waals surface area contributed by atoms with E-state index in [4.69, 9.17) is 4.74 Å². The highest BCUT2D eigenvalue weighted by Crippen LogP contribution is 2.43. The fraction of sp³-hybridized carbons (Fsp3) is 0.857. The Balaban J connectivity index is 2.50.